The highest BCUT2D eigenvalue weighted by molar-refractivity contribution is 7.11. The molecule has 0 saturated heterocycles. The number of anilines is 1. The molecule has 1 heterocycles. The first-order valence-corrected chi connectivity index (χ1v) is 6.67. The van der Waals surface area contributed by atoms with E-state index in [0.717, 1.165) is 16.9 Å². The lowest BCUT2D eigenvalue weighted by atomic mass is 10.2. The van der Waals surface area contributed by atoms with Crippen LogP contribution in [0.4, 0.5) is 10.1 Å². The van der Waals surface area contributed by atoms with Crippen LogP contribution in [0.25, 0.3) is 0 Å². The van der Waals surface area contributed by atoms with Crippen molar-refractivity contribution in [3.05, 3.63) is 45.4 Å². The number of thiophene rings is 1. The molecule has 0 radical (unpaired) electrons. The number of hydrogen-bond donors (Lipinski definition) is 1. The van der Waals surface area contributed by atoms with Crippen molar-refractivity contribution in [1.29, 1.82) is 0 Å². The number of benzene rings is 1. The zero-order valence-corrected chi connectivity index (χ0v) is 11.3. The molecule has 96 valence electrons. The average molecular weight is 265 g/mol. The topological polar surface area (TPSA) is 35.2 Å². The fourth-order valence-electron chi connectivity index (χ4n) is 1.62. The maximum Gasteiger partial charge on any atom is 0.167 e. The van der Waals surface area contributed by atoms with E-state index in [4.69, 9.17) is 10.5 Å². The summed E-state index contributed by atoms with van der Waals surface area (Å²) in [5.74, 6) is -0.154. The molecule has 0 bridgehead atoms. The zero-order chi connectivity index (χ0) is 13.1. The number of nitrogen functional groups attached to an aromatic ring is 1. The molecule has 2 nitrogen and oxygen atoms in total. The summed E-state index contributed by atoms with van der Waals surface area (Å²) in [6, 6.07) is 7.04. The average Bonchev–Trinajstić information content (AvgIpc) is 2.80. The maximum absolute atomic E-state index is 13.6. The Hall–Kier alpha value is -1.55. The summed E-state index contributed by atoms with van der Waals surface area (Å²) in [5.41, 5.74) is 6.90. The number of aryl methyl sites for hydroxylation is 2. The number of rotatable bonds is 4. The summed E-state index contributed by atoms with van der Waals surface area (Å²) in [6.07, 6.45) is 1.01. The second kappa shape index (κ2) is 5.40. The molecule has 0 spiro atoms. The Balaban J connectivity index is 2.08. The quantitative estimate of drug-likeness (QED) is 0.850. The molecule has 0 fully saturated rings. The van der Waals surface area contributed by atoms with Crippen molar-refractivity contribution < 1.29 is 9.13 Å². The number of hydrogen-bond acceptors (Lipinski definition) is 3. The van der Waals surface area contributed by atoms with Crippen LogP contribution in [0.15, 0.2) is 24.3 Å². The first-order chi connectivity index (χ1) is 8.60. The van der Waals surface area contributed by atoms with E-state index in [9.17, 15) is 4.39 Å². The van der Waals surface area contributed by atoms with Gasteiger partial charge < -0.3 is 10.5 Å². The Labute approximate surface area is 110 Å². The summed E-state index contributed by atoms with van der Waals surface area (Å²) < 4.78 is 19.1. The van der Waals surface area contributed by atoms with Gasteiger partial charge in [-0.2, -0.15) is 0 Å². The highest BCUT2D eigenvalue weighted by Crippen LogP contribution is 2.25. The lowest BCUT2D eigenvalue weighted by molar-refractivity contribution is 0.293. The van der Waals surface area contributed by atoms with Gasteiger partial charge in [-0.25, -0.2) is 4.39 Å². The van der Waals surface area contributed by atoms with Crippen molar-refractivity contribution in [2.24, 2.45) is 0 Å². The van der Waals surface area contributed by atoms with Gasteiger partial charge >= 0.3 is 0 Å². The Morgan fingerprint density at radius 2 is 2.00 bits per heavy atom. The maximum atomic E-state index is 13.6. The van der Waals surface area contributed by atoms with Gasteiger partial charge in [-0.15, -0.1) is 11.3 Å². The van der Waals surface area contributed by atoms with E-state index in [-0.39, 0.29) is 5.75 Å². The molecule has 2 rings (SSSR count). The minimum Gasteiger partial charge on any atom is -0.485 e. The molecule has 18 heavy (non-hydrogen) atoms. The predicted molar refractivity (Wildman–Crippen MR) is 73.6 cm³/mol. The Bertz CT molecular complexity index is 551. The highest BCUT2D eigenvalue weighted by atomic mass is 32.1. The van der Waals surface area contributed by atoms with Crippen LogP contribution in [0.1, 0.15) is 22.2 Å². The van der Waals surface area contributed by atoms with Crippen molar-refractivity contribution in [2.75, 3.05) is 5.73 Å². The summed E-state index contributed by atoms with van der Waals surface area (Å²) >= 11 is 1.69. The summed E-state index contributed by atoms with van der Waals surface area (Å²) in [4.78, 5) is 2.41. The van der Waals surface area contributed by atoms with Crippen LogP contribution in [-0.4, -0.2) is 0 Å². The van der Waals surface area contributed by atoms with Gasteiger partial charge in [0.2, 0.25) is 0 Å². The monoisotopic (exact) mass is 265 g/mol. The first-order valence-electron chi connectivity index (χ1n) is 5.86. The number of halogens is 1. The van der Waals surface area contributed by atoms with Crippen LogP contribution in [0.3, 0.4) is 0 Å². The molecular formula is C14H16FNOS. The Morgan fingerprint density at radius 3 is 2.67 bits per heavy atom. The standard InChI is InChI=1S/C14H16FNOS/c1-3-10-4-5-11(18-10)8-17-14-6-9(2)13(16)7-12(14)15/h4-7H,3,8,16H2,1-2H3. The van der Waals surface area contributed by atoms with E-state index >= 15 is 0 Å². The third-order valence-corrected chi connectivity index (χ3v) is 3.96. The fourth-order valence-corrected chi connectivity index (χ4v) is 2.49. The summed E-state index contributed by atoms with van der Waals surface area (Å²) in [6.45, 7) is 4.34. The van der Waals surface area contributed by atoms with Crippen LogP contribution in [0.2, 0.25) is 0 Å². The Morgan fingerprint density at radius 1 is 1.28 bits per heavy atom. The van der Waals surface area contributed by atoms with Gasteiger partial charge in [-0.3, -0.25) is 0 Å². The molecule has 4 heteroatoms. The summed E-state index contributed by atoms with van der Waals surface area (Å²) in [5, 5.41) is 0. The van der Waals surface area contributed by atoms with Gasteiger partial charge in [0.1, 0.15) is 6.61 Å². The van der Waals surface area contributed by atoms with Gasteiger partial charge in [0.25, 0.3) is 0 Å². The van der Waals surface area contributed by atoms with Gasteiger partial charge in [0, 0.05) is 21.5 Å². The molecule has 2 aromatic rings. The van der Waals surface area contributed by atoms with Crippen LogP contribution in [0, 0.1) is 12.7 Å². The van der Waals surface area contributed by atoms with Crippen LogP contribution in [-0.2, 0) is 13.0 Å². The SMILES string of the molecule is CCc1ccc(COc2cc(C)c(N)cc2F)s1. The molecule has 0 aliphatic heterocycles. The largest absolute Gasteiger partial charge is 0.485 e. The lowest BCUT2D eigenvalue weighted by Gasteiger charge is -2.08. The van der Waals surface area contributed by atoms with E-state index in [0.29, 0.717) is 12.3 Å². The normalized spacial score (nSPS) is 10.6. The van der Waals surface area contributed by atoms with Crippen molar-refractivity contribution >= 4 is 17.0 Å². The minimum atomic E-state index is -0.412. The van der Waals surface area contributed by atoms with E-state index in [1.54, 1.807) is 17.4 Å². The fraction of sp³-hybridized carbons (Fsp3) is 0.286. The molecule has 1 aromatic carbocycles. The van der Waals surface area contributed by atoms with Crippen molar-refractivity contribution in [2.45, 2.75) is 26.9 Å². The number of ether oxygens (including phenoxy) is 1. The third kappa shape index (κ3) is 2.82. The van der Waals surface area contributed by atoms with Crippen LogP contribution >= 0.6 is 11.3 Å². The van der Waals surface area contributed by atoms with Gasteiger partial charge in [-0.1, -0.05) is 6.92 Å². The van der Waals surface area contributed by atoms with Crippen molar-refractivity contribution in [1.82, 2.24) is 0 Å². The lowest BCUT2D eigenvalue weighted by Crippen LogP contribution is -1.98. The highest BCUT2D eigenvalue weighted by Gasteiger charge is 2.07. The van der Waals surface area contributed by atoms with E-state index < -0.39 is 5.82 Å². The van der Waals surface area contributed by atoms with Gasteiger partial charge in [0.05, 0.1) is 0 Å². The molecule has 0 aliphatic rings. The van der Waals surface area contributed by atoms with Gasteiger partial charge in [-0.05, 0) is 37.1 Å². The second-order valence-corrected chi connectivity index (χ2v) is 5.40. The van der Waals surface area contributed by atoms with E-state index in [1.807, 2.05) is 13.0 Å². The second-order valence-electron chi connectivity index (χ2n) is 4.15. The van der Waals surface area contributed by atoms with Crippen LogP contribution < -0.4 is 10.5 Å². The molecule has 2 N–H and O–H groups in total. The molecule has 1 aromatic heterocycles. The van der Waals surface area contributed by atoms with Crippen molar-refractivity contribution in [3.63, 3.8) is 0 Å². The summed E-state index contributed by atoms with van der Waals surface area (Å²) in [7, 11) is 0. The molecule has 0 atom stereocenters. The molecular weight excluding hydrogens is 249 g/mol. The zero-order valence-electron chi connectivity index (χ0n) is 10.5. The van der Waals surface area contributed by atoms with Crippen molar-refractivity contribution in [3.8, 4) is 5.75 Å². The van der Waals surface area contributed by atoms with E-state index in [2.05, 4.69) is 13.0 Å². The predicted octanol–water partition coefficient (Wildman–Crippen LogP) is 3.92. The van der Waals surface area contributed by atoms with Crippen LogP contribution in [0.5, 0.6) is 5.75 Å². The van der Waals surface area contributed by atoms with Gasteiger partial charge in [0.15, 0.2) is 11.6 Å². The molecule has 0 amide bonds. The van der Waals surface area contributed by atoms with E-state index in [1.165, 1.54) is 10.9 Å². The third-order valence-electron chi connectivity index (χ3n) is 2.76. The Kier molecular flexibility index (Phi) is 3.87. The molecule has 0 unspecified atom stereocenters. The first kappa shape index (κ1) is 12.9. The number of nitrogens with two attached hydrogens (primary N) is 1. The smallest absolute Gasteiger partial charge is 0.167 e. The minimum absolute atomic E-state index is 0.258. The molecule has 0 saturated carbocycles. The molecule has 0 aliphatic carbocycles.